The average Bonchev–Trinajstić information content (AvgIpc) is 3.55. The van der Waals surface area contributed by atoms with Crippen LogP contribution in [-0.2, 0) is 0 Å². The number of aryl methyl sites for hydroxylation is 1. The van der Waals surface area contributed by atoms with Crippen LogP contribution in [0.25, 0.3) is 5.65 Å². The van der Waals surface area contributed by atoms with Gasteiger partial charge in [-0.2, -0.15) is 0 Å². The predicted molar refractivity (Wildman–Crippen MR) is 130 cm³/mol. The summed E-state index contributed by atoms with van der Waals surface area (Å²) in [4.78, 5) is 21.4. The Morgan fingerprint density at radius 2 is 1.85 bits per heavy atom. The number of nitrogens with one attached hydrogen (secondary N) is 1. The highest BCUT2D eigenvalue weighted by Gasteiger charge is 2.22. The summed E-state index contributed by atoms with van der Waals surface area (Å²) >= 11 is 0. The average molecular weight is 451 g/mol. The number of benzene rings is 1. The highest BCUT2D eigenvalue weighted by molar-refractivity contribution is 5.91. The van der Waals surface area contributed by atoms with Gasteiger partial charge in [0.05, 0.1) is 18.0 Å². The number of fused-ring (bicyclic) bond motifs is 1. The number of β-amino-alcohol motifs (C(OH)–C–C–N with tert-alkyl or cyclic N) is 1. The third-order valence-corrected chi connectivity index (χ3v) is 6.22. The lowest BCUT2D eigenvalue weighted by atomic mass is 10.2. The maximum absolute atomic E-state index is 12.4. The van der Waals surface area contributed by atoms with Crippen LogP contribution in [0.4, 0.5) is 5.69 Å². The van der Waals surface area contributed by atoms with Crippen molar-refractivity contribution in [2.45, 2.75) is 32.8 Å². The second-order valence-electron chi connectivity index (χ2n) is 9.08. The maximum Gasteiger partial charge on any atom is 0.291 e. The van der Waals surface area contributed by atoms with Crippen molar-refractivity contribution in [2.75, 3.05) is 44.2 Å². The molecular formula is C25H34N6O2. The van der Waals surface area contributed by atoms with Crippen LogP contribution in [0.1, 0.15) is 35.9 Å². The maximum atomic E-state index is 12.4. The summed E-state index contributed by atoms with van der Waals surface area (Å²) in [6, 6.07) is 14.1. The summed E-state index contributed by atoms with van der Waals surface area (Å²) in [6.07, 6.45) is 3.74. The number of carbonyl (C=O) groups is 1. The van der Waals surface area contributed by atoms with Crippen molar-refractivity contribution < 1.29 is 9.90 Å². The number of anilines is 1. The summed E-state index contributed by atoms with van der Waals surface area (Å²) in [7, 11) is 0. The molecule has 176 valence electrons. The summed E-state index contributed by atoms with van der Waals surface area (Å²) in [5.41, 5.74) is 2.87. The van der Waals surface area contributed by atoms with Gasteiger partial charge in [-0.05, 0) is 37.3 Å². The molecule has 8 heteroatoms. The van der Waals surface area contributed by atoms with E-state index in [1.807, 2.05) is 49.5 Å². The van der Waals surface area contributed by atoms with Crippen LogP contribution in [0.3, 0.4) is 0 Å². The van der Waals surface area contributed by atoms with Gasteiger partial charge in [-0.1, -0.05) is 43.3 Å². The first-order chi connectivity index (χ1) is 16.0. The fourth-order valence-corrected chi connectivity index (χ4v) is 4.38. The lowest BCUT2D eigenvalue weighted by Crippen LogP contribution is -2.34. The molecule has 1 amide bonds. The summed E-state index contributed by atoms with van der Waals surface area (Å²) < 4.78 is 1.72. The molecule has 1 aromatic carbocycles. The van der Waals surface area contributed by atoms with Crippen LogP contribution in [0, 0.1) is 12.8 Å². The molecule has 33 heavy (non-hydrogen) atoms. The number of nitrogens with zero attached hydrogens (tertiary/aromatic N) is 5. The molecule has 0 saturated carbocycles. The molecule has 2 fully saturated rings. The van der Waals surface area contributed by atoms with Crippen LogP contribution < -0.4 is 10.2 Å². The van der Waals surface area contributed by atoms with E-state index < -0.39 is 0 Å². The van der Waals surface area contributed by atoms with Gasteiger partial charge in [0.25, 0.3) is 5.91 Å². The number of aliphatic hydroxyl groups is 1. The minimum Gasteiger partial charge on any atom is -0.392 e. The Kier molecular flexibility index (Phi) is 7.57. The van der Waals surface area contributed by atoms with Crippen molar-refractivity contribution in [3.8, 4) is 0 Å². The molecule has 3 aromatic rings. The number of rotatable bonds is 5. The van der Waals surface area contributed by atoms with Gasteiger partial charge in [0.2, 0.25) is 5.82 Å². The zero-order valence-corrected chi connectivity index (χ0v) is 19.5. The monoisotopic (exact) mass is 450 g/mol. The lowest BCUT2D eigenvalue weighted by molar-refractivity contribution is 0.0939. The Balaban J connectivity index is 0.000000376. The number of likely N-dealkylation sites (tertiary alicyclic amines) is 1. The molecule has 0 radical (unpaired) electrons. The van der Waals surface area contributed by atoms with E-state index in [1.165, 1.54) is 6.42 Å². The zero-order chi connectivity index (χ0) is 23.2. The zero-order valence-electron chi connectivity index (χ0n) is 19.5. The van der Waals surface area contributed by atoms with Crippen LogP contribution in [-0.4, -0.2) is 75.9 Å². The smallest absolute Gasteiger partial charge is 0.291 e. The number of hydrogen-bond acceptors (Lipinski definition) is 6. The van der Waals surface area contributed by atoms with Gasteiger partial charge in [0, 0.05) is 39.3 Å². The van der Waals surface area contributed by atoms with Crippen LogP contribution >= 0.6 is 0 Å². The molecule has 8 nitrogen and oxygen atoms in total. The standard InChI is InChI=1S/C19H28N6O2.C6H6/c1-13-3-7-24(10-13)15-9-14(2)18-21-17(22-25(18)11-15)19(27)20-5-8-23-6-4-16(26)12-23;1-2-4-6-5-3-1/h9,11,13,16,26H,3-8,10,12H2,1-2H3,(H,20,27);1-6H. The van der Waals surface area contributed by atoms with Gasteiger partial charge in [-0.3, -0.25) is 9.69 Å². The molecular weight excluding hydrogens is 416 g/mol. The van der Waals surface area contributed by atoms with E-state index in [0.29, 0.717) is 19.0 Å². The highest BCUT2D eigenvalue weighted by Crippen LogP contribution is 2.25. The number of pyridine rings is 1. The van der Waals surface area contributed by atoms with E-state index in [2.05, 4.69) is 38.2 Å². The number of carbonyl (C=O) groups excluding carboxylic acids is 1. The Morgan fingerprint density at radius 1 is 1.12 bits per heavy atom. The molecule has 2 aliphatic heterocycles. The normalized spacial score (nSPS) is 20.6. The van der Waals surface area contributed by atoms with Gasteiger partial charge in [-0.25, -0.2) is 9.50 Å². The first-order valence-electron chi connectivity index (χ1n) is 11.8. The Labute approximate surface area is 195 Å². The molecule has 2 N–H and O–H groups in total. The second-order valence-corrected chi connectivity index (χ2v) is 9.08. The molecule has 0 spiro atoms. The topological polar surface area (TPSA) is 86.0 Å². The molecule has 0 bridgehead atoms. The predicted octanol–water partition coefficient (Wildman–Crippen LogP) is 2.37. The van der Waals surface area contributed by atoms with E-state index >= 15 is 0 Å². The molecule has 2 atom stereocenters. The first kappa shape index (κ1) is 23.2. The highest BCUT2D eigenvalue weighted by atomic mass is 16.3. The van der Waals surface area contributed by atoms with E-state index in [4.69, 9.17) is 0 Å². The number of aromatic nitrogens is 3. The minimum atomic E-state index is -0.255. The number of aliphatic hydroxyl groups excluding tert-OH is 1. The summed E-state index contributed by atoms with van der Waals surface area (Å²) in [5.74, 6) is 0.649. The van der Waals surface area contributed by atoms with Gasteiger partial charge in [0.15, 0.2) is 5.65 Å². The fraction of sp³-hybridized carbons (Fsp3) is 0.480. The molecule has 2 saturated heterocycles. The first-order valence-corrected chi connectivity index (χ1v) is 11.8. The molecule has 2 aliphatic rings. The summed E-state index contributed by atoms with van der Waals surface area (Å²) in [5, 5.41) is 16.8. The molecule has 0 aliphatic carbocycles. The van der Waals surface area contributed by atoms with Crippen LogP contribution in [0.15, 0.2) is 48.7 Å². The molecule has 5 rings (SSSR count). The molecule has 2 aromatic heterocycles. The van der Waals surface area contributed by atoms with Crippen molar-refractivity contribution in [3.05, 3.63) is 60.0 Å². The second kappa shape index (κ2) is 10.8. The molecule has 2 unspecified atom stereocenters. The van der Waals surface area contributed by atoms with Crippen molar-refractivity contribution in [1.29, 1.82) is 0 Å². The third-order valence-electron chi connectivity index (χ3n) is 6.22. The number of amides is 1. The Bertz CT molecular complexity index is 1030. The molecule has 4 heterocycles. The van der Waals surface area contributed by atoms with Crippen molar-refractivity contribution in [2.24, 2.45) is 5.92 Å². The van der Waals surface area contributed by atoms with E-state index in [9.17, 15) is 9.90 Å². The lowest BCUT2D eigenvalue weighted by Gasteiger charge is -2.18. The van der Waals surface area contributed by atoms with E-state index in [-0.39, 0.29) is 17.8 Å². The quantitative estimate of drug-likeness (QED) is 0.621. The minimum absolute atomic E-state index is 0.200. The van der Waals surface area contributed by atoms with Crippen molar-refractivity contribution in [3.63, 3.8) is 0 Å². The number of hydrogen-bond donors (Lipinski definition) is 2. The fourth-order valence-electron chi connectivity index (χ4n) is 4.38. The van der Waals surface area contributed by atoms with Crippen LogP contribution in [0.2, 0.25) is 0 Å². The van der Waals surface area contributed by atoms with Gasteiger partial charge >= 0.3 is 0 Å². The summed E-state index contributed by atoms with van der Waals surface area (Å²) in [6.45, 7) is 9.20. The van der Waals surface area contributed by atoms with Gasteiger partial charge < -0.3 is 15.3 Å². The Hall–Kier alpha value is -2.97. The van der Waals surface area contributed by atoms with E-state index in [1.54, 1.807) is 4.52 Å². The van der Waals surface area contributed by atoms with Crippen molar-refractivity contribution >= 4 is 17.2 Å². The SMILES string of the molecule is Cc1cc(N2CCC(C)C2)cn2nc(C(=O)NCCN3CCC(O)C3)nc12.c1ccccc1. The van der Waals surface area contributed by atoms with E-state index in [0.717, 1.165) is 49.5 Å². The largest absolute Gasteiger partial charge is 0.392 e. The van der Waals surface area contributed by atoms with Crippen LogP contribution in [0.5, 0.6) is 0 Å². The van der Waals surface area contributed by atoms with Gasteiger partial charge in [-0.15, -0.1) is 5.10 Å². The Morgan fingerprint density at radius 3 is 2.45 bits per heavy atom. The van der Waals surface area contributed by atoms with Gasteiger partial charge in [0.1, 0.15) is 0 Å². The van der Waals surface area contributed by atoms with Crippen molar-refractivity contribution in [1.82, 2.24) is 24.8 Å². The third kappa shape index (κ3) is 6.09.